The number of rotatable bonds is 7. The van der Waals surface area contributed by atoms with E-state index >= 15 is 0 Å². The molecular weight excluding hydrogens is 484 g/mol. The Morgan fingerprint density at radius 2 is 0.875 bits per heavy atom. The van der Waals surface area contributed by atoms with Crippen LogP contribution in [0.5, 0.6) is 0 Å². The maximum Gasteiger partial charge on any atom is 0.0512 e. The first kappa shape index (κ1) is 25.5. The lowest BCUT2D eigenvalue weighted by molar-refractivity contribution is 0.928. The van der Waals surface area contributed by atoms with Crippen molar-refractivity contribution in [2.45, 2.75) is 20.3 Å². The molecule has 0 amide bonds. The number of nitrogens with zero attached hydrogens (tertiary/aromatic N) is 2. The van der Waals surface area contributed by atoms with Crippen molar-refractivity contribution < 1.29 is 0 Å². The molecule has 0 N–H and O–H groups in total. The van der Waals surface area contributed by atoms with Gasteiger partial charge >= 0.3 is 0 Å². The van der Waals surface area contributed by atoms with E-state index in [2.05, 4.69) is 170 Å². The van der Waals surface area contributed by atoms with Crippen molar-refractivity contribution in [2.75, 3.05) is 4.90 Å². The fourth-order valence-corrected chi connectivity index (χ4v) is 5.74. The van der Waals surface area contributed by atoms with E-state index in [1.807, 2.05) is 0 Å². The second kappa shape index (κ2) is 11.1. The molecule has 1 aromatic heterocycles. The summed E-state index contributed by atoms with van der Waals surface area (Å²) in [5, 5.41) is 0. The third-order valence-corrected chi connectivity index (χ3v) is 7.72. The maximum absolute atomic E-state index is 2.34. The minimum Gasteiger partial charge on any atom is -0.350 e. The van der Waals surface area contributed by atoms with Gasteiger partial charge < -0.3 is 9.47 Å². The molecule has 6 aromatic rings. The molecule has 0 fully saturated rings. The Kier molecular flexibility index (Phi) is 7.08. The van der Waals surface area contributed by atoms with Crippen LogP contribution in [0.15, 0.2) is 140 Å². The second-order valence-corrected chi connectivity index (χ2v) is 10.3. The number of benzene rings is 5. The largest absolute Gasteiger partial charge is 0.350 e. The average molecular weight is 519 g/mol. The molecule has 0 unspecified atom stereocenters. The first-order chi connectivity index (χ1) is 19.6. The molecule has 1 heterocycles. The van der Waals surface area contributed by atoms with Crippen LogP contribution < -0.4 is 4.90 Å². The predicted octanol–water partition coefficient (Wildman–Crippen LogP) is 10.4. The van der Waals surface area contributed by atoms with E-state index < -0.39 is 0 Å². The van der Waals surface area contributed by atoms with Gasteiger partial charge in [-0.15, -0.1) is 0 Å². The highest BCUT2D eigenvalue weighted by Crippen LogP contribution is 2.38. The molecule has 0 aliphatic carbocycles. The van der Waals surface area contributed by atoms with Gasteiger partial charge in [0.05, 0.1) is 5.69 Å². The topological polar surface area (TPSA) is 8.17 Å². The van der Waals surface area contributed by atoms with E-state index in [1.165, 1.54) is 44.6 Å². The lowest BCUT2D eigenvalue weighted by Gasteiger charge is -2.26. The summed E-state index contributed by atoms with van der Waals surface area (Å²) in [5.41, 5.74) is 13.6. The summed E-state index contributed by atoms with van der Waals surface area (Å²) in [5.74, 6) is 0. The van der Waals surface area contributed by atoms with Gasteiger partial charge in [-0.1, -0.05) is 104 Å². The van der Waals surface area contributed by atoms with E-state index in [4.69, 9.17) is 0 Å². The molecule has 0 spiro atoms. The Bertz CT molecular complexity index is 1610. The van der Waals surface area contributed by atoms with Crippen LogP contribution in [0, 0.1) is 6.92 Å². The van der Waals surface area contributed by atoms with Gasteiger partial charge in [-0.05, 0) is 88.7 Å². The molecule has 0 radical (unpaired) electrons. The quantitative estimate of drug-likeness (QED) is 0.204. The predicted molar refractivity (Wildman–Crippen MR) is 171 cm³/mol. The summed E-state index contributed by atoms with van der Waals surface area (Å²) in [6.07, 6.45) is 3.26. The summed E-state index contributed by atoms with van der Waals surface area (Å²) in [7, 11) is 2.14. The standard InChI is InChI=1S/C38H34N2/c1-4-37-28(2)27-39(3)38(37)33-19-25-36(26-20-33)40(34-21-15-31(16-22-34)29-11-7-5-8-12-29)35-23-17-32(18-24-35)30-13-9-6-10-14-30/h5-27H,4H2,1-3H3. The van der Waals surface area contributed by atoms with Gasteiger partial charge in [-0.2, -0.15) is 0 Å². The minimum absolute atomic E-state index is 1.03. The molecule has 0 saturated carbocycles. The van der Waals surface area contributed by atoms with Gasteiger partial charge in [0.2, 0.25) is 0 Å². The zero-order chi connectivity index (χ0) is 27.5. The van der Waals surface area contributed by atoms with Gasteiger partial charge in [-0.25, -0.2) is 0 Å². The highest BCUT2D eigenvalue weighted by Gasteiger charge is 2.16. The fourth-order valence-electron chi connectivity index (χ4n) is 5.74. The Labute approximate surface area is 237 Å². The van der Waals surface area contributed by atoms with Crippen LogP contribution >= 0.6 is 0 Å². The summed E-state index contributed by atoms with van der Waals surface area (Å²) < 4.78 is 2.26. The molecule has 0 bridgehead atoms. The lowest BCUT2D eigenvalue weighted by Crippen LogP contribution is -2.10. The van der Waals surface area contributed by atoms with Crippen molar-refractivity contribution in [2.24, 2.45) is 7.05 Å². The van der Waals surface area contributed by atoms with Gasteiger partial charge in [-0.3, -0.25) is 0 Å². The third kappa shape index (κ3) is 4.97. The minimum atomic E-state index is 1.03. The number of aryl methyl sites for hydroxylation is 2. The van der Waals surface area contributed by atoms with Crippen molar-refractivity contribution in [3.05, 3.63) is 151 Å². The monoisotopic (exact) mass is 518 g/mol. The van der Waals surface area contributed by atoms with Crippen molar-refractivity contribution >= 4 is 17.1 Å². The summed E-state index contributed by atoms with van der Waals surface area (Å²) in [6, 6.07) is 47.8. The molecule has 0 saturated heterocycles. The summed E-state index contributed by atoms with van der Waals surface area (Å²) >= 11 is 0. The second-order valence-electron chi connectivity index (χ2n) is 10.3. The highest BCUT2D eigenvalue weighted by molar-refractivity contribution is 5.81. The van der Waals surface area contributed by atoms with E-state index in [0.717, 1.165) is 23.5 Å². The molecule has 196 valence electrons. The normalized spacial score (nSPS) is 11.0. The van der Waals surface area contributed by atoms with Crippen LogP contribution in [0.4, 0.5) is 17.1 Å². The van der Waals surface area contributed by atoms with Gasteiger partial charge in [0.25, 0.3) is 0 Å². The molecule has 0 aliphatic rings. The molecule has 0 atom stereocenters. The van der Waals surface area contributed by atoms with Crippen LogP contribution in [0.1, 0.15) is 18.1 Å². The van der Waals surface area contributed by atoms with E-state index in [1.54, 1.807) is 0 Å². The van der Waals surface area contributed by atoms with Crippen molar-refractivity contribution in [1.29, 1.82) is 0 Å². The Morgan fingerprint density at radius 3 is 1.27 bits per heavy atom. The first-order valence-corrected chi connectivity index (χ1v) is 14.0. The smallest absolute Gasteiger partial charge is 0.0512 e. The van der Waals surface area contributed by atoms with Crippen molar-refractivity contribution in [3.8, 4) is 33.5 Å². The number of aromatic nitrogens is 1. The molecular formula is C38H34N2. The van der Waals surface area contributed by atoms with Crippen LogP contribution in [-0.2, 0) is 13.5 Å². The van der Waals surface area contributed by atoms with Gasteiger partial charge in [0.15, 0.2) is 0 Å². The van der Waals surface area contributed by atoms with Gasteiger partial charge in [0.1, 0.15) is 0 Å². The van der Waals surface area contributed by atoms with E-state index in [9.17, 15) is 0 Å². The fraction of sp³-hybridized carbons (Fsp3) is 0.105. The Hall–Kier alpha value is -4.82. The molecule has 6 rings (SSSR count). The average Bonchev–Trinajstić information content (AvgIpc) is 3.31. The van der Waals surface area contributed by atoms with Crippen LogP contribution in [-0.4, -0.2) is 4.57 Å². The SMILES string of the molecule is CCc1c(C)cn(C)c1-c1ccc(N(c2ccc(-c3ccccc3)cc2)c2ccc(-c3ccccc3)cc2)cc1. The summed E-state index contributed by atoms with van der Waals surface area (Å²) in [4.78, 5) is 2.34. The molecule has 2 nitrogen and oxygen atoms in total. The summed E-state index contributed by atoms with van der Waals surface area (Å²) in [6.45, 7) is 4.44. The number of anilines is 3. The van der Waals surface area contributed by atoms with Crippen LogP contribution in [0.2, 0.25) is 0 Å². The third-order valence-electron chi connectivity index (χ3n) is 7.72. The number of hydrogen-bond acceptors (Lipinski definition) is 1. The lowest BCUT2D eigenvalue weighted by atomic mass is 10.0. The van der Waals surface area contributed by atoms with E-state index in [0.29, 0.717) is 0 Å². The van der Waals surface area contributed by atoms with Crippen LogP contribution in [0.25, 0.3) is 33.5 Å². The zero-order valence-corrected chi connectivity index (χ0v) is 23.4. The first-order valence-electron chi connectivity index (χ1n) is 14.0. The molecule has 0 aliphatic heterocycles. The maximum atomic E-state index is 2.34. The molecule has 2 heteroatoms. The van der Waals surface area contributed by atoms with Crippen molar-refractivity contribution in [3.63, 3.8) is 0 Å². The molecule has 5 aromatic carbocycles. The van der Waals surface area contributed by atoms with Gasteiger partial charge in [0, 0.05) is 30.3 Å². The molecule has 40 heavy (non-hydrogen) atoms. The Morgan fingerprint density at radius 1 is 0.500 bits per heavy atom. The zero-order valence-electron chi connectivity index (χ0n) is 23.4. The number of hydrogen-bond donors (Lipinski definition) is 0. The van der Waals surface area contributed by atoms with Crippen molar-refractivity contribution in [1.82, 2.24) is 4.57 Å². The highest BCUT2D eigenvalue weighted by atomic mass is 15.1. The van der Waals surface area contributed by atoms with Crippen LogP contribution in [0.3, 0.4) is 0 Å². The van der Waals surface area contributed by atoms with E-state index in [-0.39, 0.29) is 0 Å². The Balaban J connectivity index is 1.40.